The van der Waals surface area contributed by atoms with E-state index in [9.17, 15) is 14.4 Å². The predicted molar refractivity (Wildman–Crippen MR) is 68.3 cm³/mol. The zero-order chi connectivity index (χ0) is 15.5. The van der Waals surface area contributed by atoms with E-state index in [2.05, 4.69) is 6.58 Å². The lowest BCUT2D eigenvalue weighted by Gasteiger charge is -2.17. The molecule has 2 N–H and O–H groups in total. The Bertz CT molecular complexity index is 351. The average molecular weight is 289 g/mol. The Morgan fingerprint density at radius 2 is 1.60 bits per heavy atom. The molecule has 0 spiro atoms. The van der Waals surface area contributed by atoms with Gasteiger partial charge in [0.2, 0.25) is 0 Å². The van der Waals surface area contributed by atoms with Crippen LogP contribution in [-0.4, -0.2) is 72.5 Å². The summed E-state index contributed by atoms with van der Waals surface area (Å²) >= 11 is 0. The van der Waals surface area contributed by atoms with Gasteiger partial charge in [0.15, 0.2) is 0 Å². The van der Waals surface area contributed by atoms with Crippen molar-refractivity contribution in [3.05, 3.63) is 12.2 Å². The monoisotopic (exact) mass is 289 g/mol. The van der Waals surface area contributed by atoms with Crippen LogP contribution in [-0.2, 0) is 23.9 Å². The van der Waals surface area contributed by atoms with Crippen LogP contribution in [0, 0.1) is 0 Å². The summed E-state index contributed by atoms with van der Waals surface area (Å²) in [5, 5.41) is 17.2. The minimum absolute atomic E-state index is 0.0591. The Morgan fingerprint density at radius 3 is 2.05 bits per heavy atom. The molecule has 0 aromatic rings. The molecule has 0 bridgehead atoms. The van der Waals surface area contributed by atoms with Crippen molar-refractivity contribution in [3.63, 3.8) is 0 Å². The third-order valence-electron chi connectivity index (χ3n) is 2.08. The van der Waals surface area contributed by atoms with Crippen LogP contribution < -0.4 is 0 Å². The normalized spacial score (nSPS) is 10.3. The summed E-state index contributed by atoms with van der Waals surface area (Å²) in [4.78, 5) is 33.3. The molecule has 0 fully saturated rings. The number of esters is 1. The second-order valence-corrected chi connectivity index (χ2v) is 4.03. The van der Waals surface area contributed by atoms with Crippen LogP contribution in [0.2, 0.25) is 0 Å². The molecule has 0 aliphatic carbocycles. The fourth-order valence-electron chi connectivity index (χ4n) is 1.21. The molecule has 0 saturated heterocycles. The molecule has 0 heterocycles. The zero-order valence-corrected chi connectivity index (χ0v) is 11.3. The third-order valence-corrected chi connectivity index (χ3v) is 2.08. The number of carboxylic acid groups (broad SMARTS) is 2. The highest BCUT2D eigenvalue weighted by Gasteiger charge is 2.12. The highest BCUT2D eigenvalue weighted by molar-refractivity contribution is 5.86. The van der Waals surface area contributed by atoms with Gasteiger partial charge in [0.05, 0.1) is 26.3 Å². The molecule has 0 amide bonds. The van der Waals surface area contributed by atoms with Crippen LogP contribution in [0.1, 0.15) is 6.92 Å². The summed E-state index contributed by atoms with van der Waals surface area (Å²) < 4.78 is 9.90. The van der Waals surface area contributed by atoms with Gasteiger partial charge in [-0.2, -0.15) is 0 Å². The molecule has 8 heteroatoms. The molecule has 0 aliphatic rings. The van der Waals surface area contributed by atoms with Gasteiger partial charge in [0, 0.05) is 12.1 Å². The molecule has 20 heavy (non-hydrogen) atoms. The Balaban J connectivity index is 3.77. The molecule has 0 aliphatic heterocycles. The summed E-state index contributed by atoms with van der Waals surface area (Å²) in [6.07, 6.45) is 0. The first-order valence-corrected chi connectivity index (χ1v) is 5.89. The number of ether oxygens (including phenoxy) is 2. The van der Waals surface area contributed by atoms with E-state index in [4.69, 9.17) is 19.7 Å². The first-order chi connectivity index (χ1) is 9.32. The lowest BCUT2D eigenvalue weighted by Crippen LogP contribution is -2.37. The molecule has 114 valence electrons. The third kappa shape index (κ3) is 10.0. The predicted octanol–water partition coefficient (Wildman–Crippen LogP) is -0.406. The first kappa shape index (κ1) is 18.1. The van der Waals surface area contributed by atoms with Crippen LogP contribution in [0.25, 0.3) is 0 Å². The lowest BCUT2D eigenvalue weighted by atomic mass is 10.4. The molecule has 0 atom stereocenters. The average Bonchev–Trinajstić information content (AvgIpc) is 2.31. The van der Waals surface area contributed by atoms with Crippen molar-refractivity contribution in [2.24, 2.45) is 0 Å². The van der Waals surface area contributed by atoms with Gasteiger partial charge < -0.3 is 19.7 Å². The van der Waals surface area contributed by atoms with E-state index in [1.54, 1.807) is 0 Å². The highest BCUT2D eigenvalue weighted by Crippen LogP contribution is 1.93. The van der Waals surface area contributed by atoms with E-state index in [0.29, 0.717) is 5.57 Å². The Hall–Kier alpha value is -1.93. The molecule has 0 radical (unpaired) electrons. The Labute approximate surface area is 116 Å². The standard InChI is InChI=1S/C12H19NO7/c1-9(2)12(18)20-6-5-19-4-3-13(7-10(14)15)8-11(16)17/h1,3-8H2,2H3,(H,14,15)(H,16,17). The van der Waals surface area contributed by atoms with Crippen molar-refractivity contribution in [2.45, 2.75) is 6.92 Å². The van der Waals surface area contributed by atoms with Gasteiger partial charge in [0.25, 0.3) is 0 Å². The number of hydrogen-bond donors (Lipinski definition) is 2. The maximum atomic E-state index is 11.0. The van der Waals surface area contributed by atoms with E-state index in [-0.39, 0.29) is 39.5 Å². The number of carbonyl (C=O) groups is 3. The van der Waals surface area contributed by atoms with Gasteiger partial charge in [-0.1, -0.05) is 6.58 Å². The summed E-state index contributed by atoms with van der Waals surface area (Å²) in [6, 6.07) is 0. The van der Waals surface area contributed by atoms with E-state index in [0.717, 1.165) is 0 Å². The number of rotatable bonds is 11. The molecule has 0 saturated carbocycles. The summed E-state index contributed by atoms with van der Waals surface area (Å²) in [7, 11) is 0. The van der Waals surface area contributed by atoms with Crippen molar-refractivity contribution in [3.8, 4) is 0 Å². The quantitative estimate of drug-likeness (QED) is 0.300. The van der Waals surface area contributed by atoms with Crippen LogP contribution in [0.5, 0.6) is 0 Å². The van der Waals surface area contributed by atoms with Crippen LogP contribution in [0.3, 0.4) is 0 Å². The van der Waals surface area contributed by atoms with Crippen molar-refractivity contribution in [2.75, 3.05) is 39.5 Å². The van der Waals surface area contributed by atoms with Gasteiger partial charge in [-0.25, -0.2) is 4.79 Å². The molecular formula is C12H19NO7. The van der Waals surface area contributed by atoms with Crippen molar-refractivity contribution in [1.82, 2.24) is 4.90 Å². The number of carbonyl (C=O) groups excluding carboxylic acids is 1. The van der Waals surface area contributed by atoms with E-state index in [1.807, 2.05) is 0 Å². The van der Waals surface area contributed by atoms with E-state index >= 15 is 0 Å². The van der Waals surface area contributed by atoms with E-state index in [1.165, 1.54) is 11.8 Å². The van der Waals surface area contributed by atoms with Crippen LogP contribution in [0.4, 0.5) is 0 Å². The number of hydrogen-bond acceptors (Lipinski definition) is 6. The molecule has 0 aromatic heterocycles. The highest BCUT2D eigenvalue weighted by atomic mass is 16.6. The summed E-state index contributed by atoms with van der Waals surface area (Å²) in [5.74, 6) is -2.73. The molecule has 8 nitrogen and oxygen atoms in total. The number of nitrogens with zero attached hydrogens (tertiary/aromatic N) is 1. The van der Waals surface area contributed by atoms with Crippen LogP contribution >= 0.6 is 0 Å². The Kier molecular flexibility index (Phi) is 8.97. The number of aliphatic carboxylic acids is 2. The Morgan fingerprint density at radius 1 is 1.05 bits per heavy atom. The maximum absolute atomic E-state index is 11.0. The molecule has 0 rings (SSSR count). The van der Waals surface area contributed by atoms with Crippen molar-refractivity contribution >= 4 is 17.9 Å². The van der Waals surface area contributed by atoms with Gasteiger partial charge >= 0.3 is 17.9 Å². The van der Waals surface area contributed by atoms with Crippen LogP contribution in [0.15, 0.2) is 12.2 Å². The van der Waals surface area contributed by atoms with Gasteiger partial charge in [-0.3, -0.25) is 14.5 Å². The maximum Gasteiger partial charge on any atom is 0.333 e. The summed E-state index contributed by atoms with van der Waals surface area (Å²) in [6.45, 7) is 4.70. The summed E-state index contributed by atoms with van der Waals surface area (Å²) in [5.41, 5.74) is 0.291. The lowest BCUT2D eigenvalue weighted by molar-refractivity contribution is -0.143. The minimum Gasteiger partial charge on any atom is -0.480 e. The number of carboxylic acids is 2. The van der Waals surface area contributed by atoms with E-state index < -0.39 is 17.9 Å². The van der Waals surface area contributed by atoms with Gasteiger partial charge in [-0.05, 0) is 6.92 Å². The minimum atomic E-state index is -1.11. The van der Waals surface area contributed by atoms with Gasteiger partial charge in [-0.15, -0.1) is 0 Å². The van der Waals surface area contributed by atoms with Gasteiger partial charge in [0.1, 0.15) is 6.61 Å². The first-order valence-electron chi connectivity index (χ1n) is 5.89. The fourth-order valence-corrected chi connectivity index (χ4v) is 1.21. The smallest absolute Gasteiger partial charge is 0.333 e. The zero-order valence-electron chi connectivity index (χ0n) is 11.3. The second kappa shape index (κ2) is 9.93. The largest absolute Gasteiger partial charge is 0.480 e. The topological polar surface area (TPSA) is 113 Å². The fraction of sp³-hybridized carbons (Fsp3) is 0.583. The molecule has 0 aromatic carbocycles. The second-order valence-electron chi connectivity index (χ2n) is 4.03. The molecular weight excluding hydrogens is 270 g/mol. The molecule has 0 unspecified atom stereocenters. The SMILES string of the molecule is C=C(C)C(=O)OCCOCCN(CC(=O)O)CC(=O)O. The van der Waals surface area contributed by atoms with Crippen molar-refractivity contribution < 1.29 is 34.1 Å². The van der Waals surface area contributed by atoms with Crippen molar-refractivity contribution in [1.29, 1.82) is 0 Å².